The van der Waals surface area contributed by atoms with E-state index in [0.29, 0.717) is 30.6 Å². The first-order valence-corrected chi connectivity index (χ1v) is 10.9. The molecular formula is C22H26O5S. The molecule has 0 saturated heterocycles. The molecule has 0 aliphatic heterocycles. The van der Waals surface area contributed by atoms with Crippen LogP contribution < -0.4 is 0 Å². The minimum Gasteiger partial charge on any atom is -0.507 e. The summed E-state index contributed by atoms with van der Waals surface area (Å²) in [5.74, 6) is -0.309. The summed E-state index contributed by atoms with van der Waals surface area (Å²) in [6, 6.07) is 13.6. The number of phenols is 1. The van der Waals surface area contributed by atoms with Crippen molar-refractivity contribution in [3.05, 3.63) is 60.7 Å². The van der Waals surface area contributed by atoms with Crippen LogP contribution in [0.3, 0.4) is 0 Å². The molecule has 150 valence electrons. The average Bonchev–Trinajstić information content (AvgIpc) is 2.67. The van der Waals surface area contributed by atoms with E-state index in [-0.39, 0.29) is 16.4 Å². The largest absolute Gasteiger partial charge is 0.507 e. The van der Waals surface area contributed by atoms with Crippen LogP contribution in [0.2, 0.25) is 0 Å². The van der Waals surface area contributed by atoms with Crippen molar-refractivity contribution < 1.29 is 23.1 Å². The zero-order valence-electron chi connectivity index (χ0n) is 16.1. The fourth-order valence-corrected chi connectivity index (χ4v) is 4.10. The van der Waals surface area contributed by atoms with Gasteiger partial charge in [-0.3, -0.25) is 0 Å². The van der Waals surface area contributed by atoms with Gasteiger partial charge >= 0.3 is 5.97 Å². The van der Waals surface area contributed by atoms with Gasteiger partial charge in [-0.05, 0) is 43.5 Å². The summed E-state index contributed by atoms with van der Waals surface area (Å²) in [5, 5.41) is 10.1. The molecule has 6 heteroatoms. The number of carbonyl (C=O) groups excluding carboxylic acids is 1. The maximum atomic E-state index is 12.6. The molecule has 0 aliphatic rings. The highest BCUT2D eigenvalue weighted by Crippen LogP contribution is 2.31. The lowest BCUT2D eigenvalue weighted by Crippen LogP contribution is -2.08. The maximum absolute atomic E-state index is 12.6. The molecule has 0 unspecified atom stereocenters. The van der Waals surface area contributed by atoms with Crippen molar-refractivity contribution in [2.75, 3.05) is 12.4 Å². The van der Waals surface area contributed by atoms with Gasteiger partial charge in [0.15, 0.2) is 9.84 Å². The average molecular weight is 403 g/mol. The number of rotatable bonds is 10. The first-order chi connectivity index (χ1) is 13.3. The molecule has 0 aliphatic carbocycles. The van der Waals surface area contributed by atoms with Crippen molar-refractivity contribution in [2.45, 2.75) is 37.5 Å². The lowest BCUT2D eigenvalue weighted by molar-refractivity contribution is -0.139. The van der Waals surface area contributed by atoms with Crippen LogP contribution in [-0.4, -0.2) is 31.9 Å². The van der Waals surface area contributed by atoms with Crippen LogP contribution in [0.15, 0.2) is 65.6 Å². The summed E-state index contributed by atoms with van der Waals surface area (Å²) >= 11 is 0. The van der Waals surface area contributed by atoms with Gasteiger partial charge in [0.25, 0.3) is 0 Å². The molecule has 28 heavy (non-hydrogen) atoms. The molecule has 0 bridgehead atoms. The molecule has 0 saturated carbocycles. The van der Waals surface area contributed by atoms with Crippen LogP contribution >= 0.6 is 0 Å². The number of benzene rings is 2. The third kappa shape index (κ3) is 6.23. The Labute approximate surface area is 166 Å². The summed E-state index contributed by atoms with van der Waals surface area (Å²) in [7, 11) is -3.43. The van der Waals surface area contributed by atoms with E-state index in [0.717, 1.165) is 18.4 Å². The Morgan fingerprint density at radius 2 is 1.71 bits per heavy atom. The van der Waals surface area contributed by atoms with Crippen molar-refractivity contribution >= 4 is 15.8 Å². The monoisotopic (exact) mass is 402 g/mol. The van der Waals surface area contributed by atoms with Crippen molar-refractivity contribution in [1.29, 1.82) is 0 Å². The summed E-state index contributed by atoms with van der Waals surface area (Å²) in [6.45, 7) is 5.43. The first kappa shape index (κ1) is 21.7. The van der Waals surface area contributed by atoms with Gasteiger partial charge < -0.3 is 9.84 Å². The highest BCUT2D eigenvalue weighted by atomic mass is 32.2. The molecule has 5 nitrogen and oxygen atoms in total. The van der Waals surface area contributed by atoms with Crippen LogP contribution in [0.5, 0.6) is 5.75 Å². The Morgan fingerprint density at radius 1 is 1.04 bits per heavy atom. The van der Waals surface area contributed by atoms with Crippen molar-refractivity contribution in [3.63, 3.8) is 0 Å². The van der Waals surface area contributed by atoms with Gasteiger partial charge in [0.05, 0.1) is 17.3 Å². The smallest absolute Gasteiger partial charge is 0.333 e. The molecule has 0 aromatic heterocycles. The topological polar surface area (TPSA) is 80.7 Å². The highest BCUT2D eigenvalue weighted by molar-refractivity contribution is 7.91. The second kappa shape index (κ2) is 10.1. The van der Waals surface area contributed by atoms with E-state index in [1.165, 1.54) is 18.2 Å². The van der Waals surface area contributed by atoms with E-state index in [1.54, 1.807) is 6.92 Å². The molecule has 0 spiro atoms. The van der Waals surface area contributed by atoms with Crippen LogP contribution in [0.4, 0.5) is 0 Å². The SMILES string of the molecule is C=C(C)C(=O)OCCCCCCS(=O)(=O)c1ccc(O)c(-c2ccccc2)c1. The predicted octanol–water partition coefficient (Wildman–Crippen LogP) is 4.51. The molecule has 1 N–H and O–H groups in total. The molecule has 0 radical (unpaired) electrons. The number of aromatic hydroxyl groups is 1. The first-order valence-electron chi connectivity index (χ1n) is 9.25. The number of sulfone groups is 1. The van der Waals surface area contributed by atoms with Gasteiger partial charge in [-0.15, -0.1) is 0 Å². The van der Waals surface area contributed by atoms with Crippen LogP contribution in [-0.2, 0) is 19.4 Å². The number of ether oxygens (including phenoxy) is 1. The standard InChI is InChI=1S/C22H26O5S/c1-17(2)22(24)27-14-8-3-4-9-15-28(25,26)19-12-13-21(23)20(16-19)18-10-6-5-7-11-18/h5-7,10-13,16,23H,1,3-4,8-9,14-15H2,2H3. The Balaban J connectivity index is 1.88. The van der Waals surface area contributed by atoms with E-state index < -0.39 is 15.8 Å². The van der Waals surface area contributed by atoms with Gasteiger partial charge in [0.1, 0.15) is 5.75 Å². The van der Waals surface area contributed by atoms with Gasteiger partial charge in [0, 0.05) is 11.1 Å². The van der Waals surface area contributed by atoms with Crippen molar-refractivity contribution in [3.8, 4) is 16.9 Å². The fourth-order valence-electron chi connectivity index (χ4n) is 2.71. The minimum atomic E-state index is -3.43. The zero-order valence-corrected chi connectivity index (χ0v) is 16.9. The molecule has 2 aromatic carbocycles. The van der Waals surface area contributed by atoms with E-state index in [2.05, 4.69) is 6.58 Å². The summed E-state index contributed by atoms with van der Waals surface area (Å²) in [5.41, 5.74) is 1.64. The number of hydrogen-bond acceptors (Lipinski definition) is 5. The summed E-state index contributed by atoms with van der Waals surface area (Å²) in [4.78, 5) is 11.5. The normalized spacial score (nSPS) is 11.2. The summed E-state index contributed by atoms with van der Waals surface area (Å²) in [6.07, 6.45) is 2.73. The minimum absolute atomic E-state index is 0.0392. The second-order valence-electron chi connectivity index (χ2n) is 6.69. The van der Waals surface area contributed by atoms with Gasteiger partial charge in [-0.1, -0.05) is 49.8 Å². The lowest BCUT2D eigenvalue weighted by Gasteiger charge is -2.09. The van der Waals surface area contributed by atoms with E-state index >= 15 is 0 Å². The summed E-state index contributed by atoms with van der Waals surface area (Å²) < 4.78 is 30.2. The molecule has 0 fully saturated rings. The number of esters is 1. The van der Waals surface area contributed by atoms with Crippen molar-refractivity contribution in [2.24, 2.45) is 0 Å². The number of carbonyl (C=O) groups is 1. The maximum Gasteiger partial charge on any atom is 0.333 e. The molecule has 2 aromatic rings. The Kier molecular flexibility index (Phi) is 7.81. The third-order valence-electron chi connectivity index (χ3n) is 4.30. The van der Waals surface area contributed by atoms with E-state index in [4.69, 9.17) is 4.74 Å². The predicted molar refractivity (Wildman–Crippen MR) is 110 cm³/mol. The number of phenolic OH excluding ortho intramolecular Hbond substituents is 1. The number of unbranched alkanes of at least 4 members (excludes halogenated alkanes) is 3. The molecular weight excluding hydrogens is 376 g/mol. The van der Waals surface area contributed by atoms with Gasteiger partial charge in [-0.2, -0.15) is 0 Å². The van der Waals surface area contributed by atoms with E-state index in [1.807, 2.05) is 30.3 Å². The Bertz CT molecular complexity index is 917. The van der Waals surface area contributed by atoms with Crippen molar-refractivity contribution in [1.82, 2.24) is 0 Å². The van der Waals surface area contributed by atoms with Gasteiger partial charge in [0.2, 0.25) is 0 Å². The van der Waals surface area contributed by atoms with Gasteiger partial charge in [-0.25, -0.2) is 13.2 Å². The van der Waals surface area contributed by atoms with E-state index in [9.17, 15) is 18.3 Å². The fraction of sp³-hybridized carbons (Fsp3) is 0.318. The van der Waals surface area contributed by atoms with Crippen LogP contribution in [0.25, 0.3) is 11.1 Å². The molecule has 2 rings (SSSR count). The highest BCUT2D eigenvalue weighted by Gasteiger charge is 2.16. The van der Waals surface area contributed by atoms with Crippen LogP contribution in [0, 0.1) is 0 Å². The quantitative estimate of drug-likeness (QED) is 0.359. The second-order valence-corrected chi connectivity index (χ2v) is 8.80. The molecule has 0 amide bonds. The Morgan fingerprint density at radius 3 is 2.39 bits per heavy atom. The van der Waals surface area contributed by atoms with Crippen LogP contribution in [0.1, 0.15) is 32.6 Å². The third-order valence-corrected chi connectivity index (χ3v) is 6.10. The number of hydrogen-bond donors (Lipinski definition) is 1. The zero-order chi connectivity index (χ0) is 20.6. The lowest BCUT2D eigenvalue weighted by atomic mass is 10.1. The molecule has 0 heterocycles. The Hall–Kier alpha value is -2.60. The molecule has 0 atom stereocenters.